The van der Waals surface area contributed by atoms with Crippen LogP contribution in [0.25, 0.3) is 0 Å². The van der Waals surface area contributed by atoms with Gasteiger partial charge in [-0.3, -0.25) is 9.69 Å². The quantitative estimate of drug-likeness (QED) is 0.779. The van der Waals surface area contributed by atoms with Gasteiger partial charge in [0.2, 0.25) is 5.91 Å². The van der Waals surface area contributed by atoms with Gasteiger partial charge in [-0.05, 0) is 19.3 Å². The highest BCUT2D eigenvalue weighted by Gasteiger charge is 2.30. The van der Waals surface area contributed by atoms with Crippen LogP contribution in [0.15, 0.2) is 0 Å². The topological polar surface area (TPSA) is 41.6 Å². The summed E-state index contributed by atoms with van der Waals surface area (Å²) in [5, 5.41) is 2.98. The Balaban J connectivity index is 1.82. The van der Waals surface area contributed by atoms with Crippen LogP contribution < -0.4 is 5.32 Å². The molecular formula is C14H26N2O2. The van der Waals surface area contributed by atoms with Crippen molar-refractivity contribution in [1.82, 2.24) is 10.2 Å². The van der Waals surface area contributed by atoms with Crippen LogP contribution in [0.3, 0.4) is 0 Å². The Morgan fingerprint density at radius 2 is 2.33 bits per heavy atom. The third-order valence-corrected chi connectivity index (χ3v) is 4.02. The molecule has 2 atom stereocenters. The number of ether oxygens (including phenoxy) is 1. The molecule has 0 radical (unpaired) electrons. The van der Waals surface area contributed by atoms with E-state index >= 15 is 0 Å². The zero-order valence-corrected chi connectivity index (χ0v) is 11.5. The van der Waals surface area contributed by atoms with Crippen molar-refractivity contribution in [2.75, 3.05) is 19.8 Å². The summed E-state index contributed by atoms with van der Waals surface area (Å²) in [5.74, 6) is 0.207. The zero-order valence-electron chi connectivity index (χ0n) is 11.5. The summed E-state index contributed by atoms with van der Waals surface area (Å²) in [6, 6.07) is 0.394. The van der Waals surface area contributed by atoms with Crippen LogP contribution in [-0.2, 0) is 9.53 Å². The van der Waals surface area contributed by atoms with E-state index in [0.29, 0.717) is 18.6 Å². The molecule has 0 aliphatic carbocycles. The monoisotopic (exact) mass is 254 g/mol. The van der Waals surface area contributed by atoms with Gasteiger partial charge in [-0.25, -0.2) is 0 Å². The minimum atomic E-state index is 0.207. The van der Waals surface area contributed by atoms with Gasteiger partial charge in [0.05, 0.1) is 12.8 Å². The standard InChI is InChI=1S/C14H26N2O2/c1-2-3-4-6-13-9-12-10-14(17)15-7-5-8-16(12)11-18-13/h12-13H,2-11H2,1H3,(H,15,17)/t12-,13-/m1/s1. The van der Waals surface area contributed by atoms with Gasteiger partial charge in [0.25, 0.3) is 0 Å². The maximum absolute atomic E-state index is 11.7. The molecule has 2 rings (SSSR count). The molecule has 1 N–H and O–H groups in total. The molecule has 2 heterocycles. The van der Waals surface area contributed by atoms with E-state index in [4.69, 9.17) is 4.74 Å². The minimum Gasteiger partial charge on any atom is -0.363 e. The van der Waals surface area contributed by atoms with Gasteiger partial charge in [0, 0.05) is 25.6 Å². The fourth-order valence-corrected chi connectivity index (χ4v) is 2.91. The lowest BCUT2D eigenvalue weighted by molar-refractivity contribution is -0.131. The molecule has 2 aliphatic rings. The van der Waals surface area contributed by atoms with Crippen LogP contribution in [0.4, 0.5) is 0 Å². The third-order valence-electron chi connectivity index (χ3n) is 4.02. The van der Waals surface area contributed by atoms with Crippen molar-refractivity contribution < 1.29 is 9.53 Å². The number of unbranched alkanes of at least 4 members (excludes halogenated alkanes) is 2. The number of hydrogen-bond donors (Lipinski definition) is 1. The Morgan fingerprint density at radius 3 is 3.17 bits per heavy atom. The minimum absolute atomic E-state index is 0.207. The molecule has 2 aliphatic heterocycles. The molecule has 2 saturated heterocycles. The zero-order chi connectivity index (χ0) is 12.8. The number of carbonyl (C=O) groups is 1. The summed E-state index contributed by atoms with van der Waals surface area (Å²) in [4.78, 5) is 14.0. The second kappa shape index (κ2) is 7.10. The predicted molar refractivity (Wildman–Crippen MR) is 71.2 cm³/mol. The predicted octanol–water partition coefficient (Wildman–Crippen LogP) is 1.89. The van der Waals surface area contributed by atoms with Gasteiger partial charge in [-0.2, -0.15) is 0 Å². The molecule has 0 aromatic rings. The fraction of sp³-hybridized carbons (Fsp3) is 0.929. The van der Waals surface area contributed by atoms with Crippen molar-refractivity contribution >= 4 is 5.91 Å². The molecule has 0 spiro atoms. The molecule has 18 heavy (non-hydrogen) atoms. The lowest BCUT2D eigenvalue weighted by atomic mass is 9.97. The first kappa shape index (κ1) is 13.8. The number of hydrogen-bond acceptors (Lipinski definition) is 3. The molecule has 1 amide bonds. The maximum Gasteiger partial charge on any atom is 0.221 e. The first-order valence-corrected chi connectivity index (χ1v) is 7.42. The number of fused-ring (bicyclic) bond motifs is 1. The van der Waals surface area contributed by atoms with Gasteiger partial charge in [0.1, 0.15) is 0 Å². The van der Waals surface area contributed by atoms with Crippen molar-refractivity contribution in [3.8, 4) is 0 Å². The Labute approximate surface area is 110 Å². The van der Waals surface area contributed by atoms with E-state index in [2.05, 4.69) is 17.1 Å². The summed E-state index contributed by atoms with van der Waals surface area (Å²) in [6.45, 7) is 4.80. The molecule has 0 unspecified atom stereocenters. The van der Waals surface area contributed by atoms with Crippen molar-refractivity contribution in [3.05, 3.63) is 0 Å². The summed E-state index contributed by atoms with van der Waals surface area (Å²) < 4.78 is 5.92. The molecule has 0 aromatic heterocycles. The molecule has 0 bridgehead atoms. The van der Waals surface area contributed by atoms with E-state index in [1.165, 1.54) is 19.3 Å². The number of nitrogens with zero attached hydrogens (tertiary/aromatic N) is 1. The van der Waals surface area contributed by atoms with E-state index in [1.807, 2.05) is 0 Å². The van der Waals surface area contributed by atoms with Crippen LogP contribution in [-0.4, -0.2) is 42.8 Å². The Hall–Kier alpha value is -0.610. The van der Waals surface area contributed by atoms with E-state index in [-0.39, 0.29) is 5.91 Å². The fourth-order valence-electron chi connectivity index (χ4n) is 2.91. The highest BCUT2D eigenvalue weighted by Crippen LogP contribution is 2.24. The number of rotatable bonds is 4. The van der Waals surface area contributed by atoms with Gasteiger partial charge < -0.3 is 10.1 Å². The van der Waals surface area contributed by atoms with E-state index in [0.717, 1.165) is 39.1 Å². The highest BCUT2D eigenvalue weighted by atomic mass is 16.5. The second-order valence-electron chi connectivity index (χ2n) is 5.52. The number of nitrogens with one attached hydrogen (secondary N) is 1. The van der Waals surface area contributed by atoms with Crippen LogP contribution >= 0.6 is 0 Å². The van der Waals surface area contributed by atoms with E-state index in [9.17, 15) is 4.79 Å². The SMILES string of the molecule is CCCCC[C@@H]1C[C@@H]2CC(=O)NCCCN2CO1. The Kier molecular flexibility index (Phi) is 5.45. The Bertz CT molecular complexity index is 271. The lowest BCUT2D eigenvalue weighted by Gasteiger charge is -2.40. The second-order valence-corrected chi connectivity index (χ2v) is 5.52. The maximum atomic E-state index is 11.7. The molecule has 104 valence electrons. The average Bonchev–Trinajstić information content (AvgIpc) is 2.34. The van der Waals surface area contributed by atoms with Crippen molar-refractivity contribution in [2.24, 2.45) is 0 Å². The molecule has 4 nitrogen and oxygen atoms in total. The summed E-state index contributed by atoms with van der Waals surface area (Å²) >= 11 is 0. The molecule has 0 aromatic carbocycles. The molecular weight excluding hydrogens is 228 g/mol. The highest BCUT2D eigenvalue weighted by molar-refractivity contribution is 5.76. The third kappa shape index (κ3) is 3.95. The largest absolute Gasteiger partial charge is 0.363 e. The van der Waals surface area contributed by atoms with Crippen LogP contribution in [0.2, 0.25) is 0 Å². The normalized spacial score (nSPS) is 30.2. The lowest BCUT2D eigenvalue weighted by Crippen LogP contribution is -2.50. The Morgan fingerprint density at radius 1 is 1.44 bits per heavy atom. The van der Waals surface area contributed by atoms with E-state index in [1.54, 1.807) is 0 Å². The van der Waals surface area contributed by atoms with Crippen LogP contribution in [0, 0.1) is 0 Å². The van der Waals surface area contributed by atoms with Gasteiger partial charge in [-0.15, -0.1) is 0 Å². The summed E-state index contributed by atoms with van der Waals surface area (Å²) in [6.07, 6.45) is 8.01. The van der Waals surface area contributed by atoms with Gasteiger partial charge >= 0.3 is 0 Å². The molecule has 4 heteroatoms. The average molecular weight is 254 g/mol. The van der Waals surface area contributed by atoms with Crippen molar-refractivity contribution in [1.29, 1.82) is 0 Å². The van der Waals surface area contributed by atoms with Crippen molar-refractivity contribution in [3.63, 3.8) is 0 Å². The van der Waals surface area contributed by atoms with Crippen molar-refractivity contribution in [2.45, 2.75) is 64.0 Å². The van der Waals surface area contributed by atoms with E-state index < -0.39 is 0 Å². The summed E-state index contributed by atoms with van der Waals surface area (Å²) in [5.41, 5.74) is 0. The molecule has 0 saturated carbocycles. The van der Waals surface area contributed by atoms with Crippen LogP contribution in [0.1, 0.15) is 51.9 Å². The van der Waals surface area contributed by atoms with Gasteiger partial charge in [0.15, 0.2) is 0 Å². The summed E-state index contributed by atoms with van der Waals surface area (Å²) in [7, 11) is 0. The molecule has 2 fully saturated rings. The first-order valence-electron chi connectivity index (χ1n) is 7.42. The van der Waals surface area contributed by atoms with Crippen LogP contribution in [0.5, 0.6) is 0 Å². The first-order chi connectivity index (χ1) is 8.79. The number of carbonyl (C=O) groups excluding carboxylic acids is 1. The number of amides is 1. The smallest absolute Gasteiger partial charge is 0.221 e. The van der Waals surface area contributed by atoms with Gasteiger partial charge in [-0.1, -0.05) is 26.2 Å².